The zero-order valence-electron chi connectivity index (χ0n) is 14.2. The standard InChI is InChI=1S/C23H23N/c1-18-6-8-19(9-7-18)16-20-10-12-23(13-11-20)24-15-14-21-4-2-3-5-22(21)17-24/h2-13H,14-17H2,1H3. The Kier molecular flexibility index (Phi) is 4.08. The average molecular weight is 313 g/mol. The number of anilines is 1. The number of aryl methyl sites for hydroxylation is 1. The second-order valence-electron chi connectivity index (χ2n) is 6.77. The summed E-state index contributed by atoms with van der Waals surface area (Å²) in [6, 6.07) is 26.7. The highest BCUT2D eigenvalue weighted by Crippen LogP contribution is 2.25. The van der Waals surface area contributed by atoms with Crippen LogP contribution in [0.1, 0.15) is 27.8 Å². The van der Waals surface area contributed by atoms with Crippen LogP contribution in [-0.2, 0) is 19.4 Å². The SMILES string of the molecule is Cc1ccc(Cc2ccc(N3CCc4ccccc4C3)cc2)cc1. The van der Waals surface area contributed by atoms with Crippen LogP contribution in [0.2, 0.25) is 0 Å². The third-order valence-electron chi connectivity index (χ3n) is 4.96. The predicted octanol–water partition coefficient (Wildman–Crippen LogP) is 5.15. The van der Waals surface area contributed by atoms with Gasteiger partial charge in [0.1, 0.15) is 0 Å². The summed E-state index contributed by atoms with van der Waals surface area (Å²) in [5.41, 5.74) is 8.37. The average Bonchev–Trinajstić information content (AvgIpc) is 2.64. The molecule has 0 N–H and O–H groups in total. The lowest BCUT2D eigenvalue weighted by molar-refractivity contribution is 0.731. The smallest absolute Gasteiger partial charge is 0.0432 e. The van der Waals surface area contributed by atoms with Crippen LogP contribution in [0, 0.1) is 6.92 Å². The minimum Gasteiger partial charge on any atom is -0.367 e. The lowest BCUT2D eigenvalue weighted by Gasteiger charge is -2.30. The number of hydrogen-bond acceptors (Lipinski definition) is 1. The van der Waals surface area contributed by atoms with Gasteiger partial charge in [-0.25, -0.2) is 0 Å². The molecule has 0 bridgehead atoms. The van der Waals surface area contributed by atoms with E-state index in [9.17, 15) is 0 Å². The Morgan fingerprint density at radius 3 is 2.08 bits per heavy atom. The third-order valence-corrected chi connectivity index (χ3v) is 4.96. The molecule has 1 aliphatic heterocycles. The molecule has 0 saturated carbocycles. The molecular weight excluding hydrogens is 290 g/mol. The quantitative estimate of drug-likeness (QED) is 0.646. The zero-order chi connectivity index (χ0) is 16.4. The van der Waals surface area contributed by atoms with E-state index in [0.29, 0.717) is 0 Å². The van der Waals surface area contributed by atoms with Crippen LogP contribution in [-0.4, -0.2) is 6.54 Å². The van der Waals surface area contributed by atoms with Crippen molar-refractivity contribution in [3.63, 3.8) is 0 Å². The molecule has 0 amide bonds. The maximum absolute atomic E-state index is 2.48. The van der Waals surface area contributed by atoms with Crippen molar-refractivity contribution in [3.05, 3.63) is 101 Å². The van der Waals surface area contributed by atoms with E-state index >= 15 is 0 Å². The molecule has 1 nitrogen and oxygen atoms in total. The lowest BCUT2D eigenvalue weighted by atomic mass is 9.99. The van der Waals surface area contributed by atoms with Crippen LogP contribution in [0.4, 0.5) is 5.69 Å². The van der Waals surface area contributed by atoms with Crippen molar-refractivity contribution in [2.24, 2.45) is 0 Å². The van der Waals surface area contributed by atoms with Gasteiger partial charge in [-0.2, -0.15) is 0 Å². The summed E-state index contributed by atoms with van der Waals surface area (Å²) >= 11 is 0. The van der Waals surface area contributed by atoms with Crippen LogP contribution in [0.25, 0.3) is 0 Å². The molecule has 0 radical (unpaired) electrons. The van der Waals surface area contributed by atoms with Crippen molar-refractivity contribution in [2.45, 2.75) is 26.3 Å². The molecule has 1 heteroatoms. The number of benzene rings is 3. The summed E-state index contributed by atoms with van der Waals surface area (Å²) < 4.78 is 0. The molecule has 1 heterocycles. The van der Waals surface area contributed by atoms with E-state index in [-0.39, 0.29) is 0 Å². The Balaban J connectivity index is 1.47. The Morgan fingerprint density at radius 2 is 1.38 bits per heavy atom. The zero-order valence-corrected chi connectivity index (χ0v) is 14.2. The number of fused-ring (bicyclic) bond motifs is 1. The van der Waals surface area contributed by atoms with Gasteiger partial charge in [0.2, 0.25) is 0 Å². The fourth-order valence-corrected chi connectivity index (χ4v) is 3.48. The van der Waals surface area contributed by atoms with E-state index in [4.69, 9.17) is 0 Å². The van der Waals surface area contributed by atoms with E-state index in [0.717, 1.165) is 25.9 Å². The van der Waals surface area contributed by atoms with E-state index in [1.165, 1.54) is 33.5 Å². The second-order valence-corrected chi connectivity index (χ2v) is 6.77. The van der Waals surface area contributed by atoms with Crippen LogP contribution >= 0.6 is 0 Å². The number of hydrogen-bond donors (Lipinski definition) is 0. The lowest BCUT2D eigenvalue weighted by Crippen LogP contribution is -2.30. The fraction of sp³-hybridized carbons (Fsp3) is 0.217. The summed E-state index contributed by atoms with van der Waals surface area (Å²) in [6.45, 7) is 4.26. The molecule has 0 aromatic heterocycles. The van der Waals surface area contributed by atoms with E-state index in [1.54, 1.807) is 0 Å². The maximum atomic E-state index is 2.48. The first kappa shape index (κ1) is 15.0. The summed E-state index contributed by atoms with van der Waals surface area (Å²) in [7, 11) is 0. The first-order valence-corrected chi connectivity index (χ1v) is 8.74. The van der Waals surface area contributed by atoms with Crippen molar-refractivity contribution >= 4 is 5.69 Å². The first-order valence-electron chi connectivity index (χ1n) is 8.74. The molecule has 4 rings (SSSR count). The Morgan fingerprint density at radius 1 is 0.750 bits per heavy atom. The van der Waals surface area contributed by atoms with Gasteiger partial charge in [-0.15, -0.1) is 0 Å². The minimum atomic E-state index is 1.00. The van der Waals surface area contributed by atoms with Gasteiger partial charge in [0.15, 0.2) is 0 Å². The Hall–Kier alpha value is -2.54. The van der Waals surface area contributed by atoms with Crippen LogP contribution in [0.15, 0.2) is 72.8 Å². The number of rotatable bonds is 3. The molecule has 3 aromatic rings. The van der Waals surface area contributed by atoms with Crippen molar-refractivity contribution in [1.29, 1.82) is 0 Å². The van der Waals surface area contributed by atoms with Crippen molar-refractivity contribution in [3.8, 4) is 0 Å². The monoisotopic (exact) mass is 313 g/mol. The minimum absolute atomic E-state index is 1.00. The van der Waals surface area contributed by atoms with Gasteiger partial charge in [-0.1, -0.05) is 66.2 Å². The normalized spacial score (nSPS) is 13.6. The Labute approximate surface area is 144 Å². The van der Waals surface area contributed by atoms with Crippen LogP contribution in [0.5, 0.6) is 0 Å². The van der Waals surface area contributed by atoms with Gasteiger partial charge >= 0.3 is 0 Å². The molecule has 24 heavy (non-hydrogen) atoms. The predicted molar refractivity (Wildman–Crippen MR) is 102 cm³/mol. The molecule has 0 unspecified atom stereocenters. The van der Waals surface area contributed by atoms with E-state index in [2.05, 4.69) is 84.6 Å². The fourth-order valence-electron chi connectivity index (χ4n) is 3.48. The molecule has 0 fully saturated rings. The number of nitrogens with zero attached hydrogens (tertiary/aromatic N) is 1. The van der Waals surface area contributed by atoms with Gasteiger partial charge in [0, 0.05) is 18.8 Å². The van der Waals surface area contributed by atoms with E-state index in [1.807, 2.05) is 0 Å². The van der Waals surface area contributed by atoms with Gasteiger partial charge in [0.25, 0.3) is 0 Å². The summed E-state index contributed by atoms with van der Waals surface area (Å²) in [6.07, 6.45) is 2.14. The molecule has 0 aliphatic carbocycles. The van der Waals surface area contributed by atoms with Gasteiger partial charge in [-0.05, 0) is 54.2 Å². The molecule has 120 valence electrons. The molecule has 0 spiro atoms. The second kappa shape index (κ2) is 6.52. The summed E-state index contributed by atoms with van der Waals surface area (Å²) in [4.78, 5) is 2.48. The molecule has 3 aromatic carbocycles. The highest BCUT2D eigenvalue weighted by molar-refractivity contribution is 5.51. The maximum Gasteiger partial charge on any atom is 0.0432 e. The molecular formula is C23H23N. The highest BCUT2D eigenvalue weighted by Gasteiger charge is 2.15. The first-order chi connectivity index (χ1) is 11.8. The van der Waals surface area contributed by atoms with Crippen molar-refractivity contribution in [2.75, 3.05) is 11.4 Å². The van der Waals surface area contributed by atoms with Gasteiger partial charge < -0.3 is 4.90 Å². The van der Waals surface area contributed by atoms with Crippen LogP contribution in [0.3, 0.4) is 0 Å². The van der Waals surface area contributed by atoms with Gasteiger partial charge in [-0.3, -0.25) is 0 Å². The Bertz CT molecular complexity index is 815. The largest absolute Gasteiger partial charge is 0.367 e. The summed E-state index contributed by atoms with van der Waals surface area (Å²) in [5.74, 6) is 0. The molecule has 0 saturated heterocycles. The van der Waals surface area contributed by atoms with Crippen LogP contribution < -0.4 is 4.90 Å². The van der Waals surface area contributed by atoms with Crippen molar-refractivity contribution < 1.29 is 0 Å². The highest BCUT2D eigenvalue weighted by atomic mass is 15.1. The van der Waals surface area contributed by atoms with Gasteiger partial charge in [0.05, 0.1) is 0 Å². The third kappa shape index (κ3) is 3.21. The molecule has 0 atom stereocenters. The van der Waals surface area contributed by atoms with E-state index < -0.39 is 0 Å². The topological polar surface area (TPSA) is 3.24 Å². The molecule has 1 aliphatic rings. The van der Waals surface area contributed by atoms with Crippen molar-refractivity contribution in [1.82, 2.24) is 0 Å². The summed E-state index contributed by atoms with van der Waals surface area (Å²) in [5, 5.41) is 0.